The Kier molecular flexibility index (Phi) is 2.72. The van der Waals surface area contributed by atoms with E-state index in [2.05, 4.69) is 4.98 Å². The van der Waals surface area contributed by atoms with Gasteiger partial charge in [0, 0.05) is 17.1 Å². The van der Waals surface area contributed by atoms with Crippen LogP contribution in [-0.2, 0) is 11.2 Å². The highest BCUT2D eigenvalue weighted by Gasteiger charge is 2.11. The van der Waals surface area contributed by atoms with Crippen LogP contribution in [-0.4, -0.2) is 23.2 Å². The van der Waals surface area contributed by atoms with E-state index in [1.165, 1.54) is 7.11 Å². The molecule has 1 aromatic carbocycles. The molecule has 0 aliphatic heterocycles. The average molecular weight is 217 g/mol. The number of fused-ring (bicyclic) bond motifs is 1. The zero-order valence-electron chi connectivity index (χ0n) is 8.80. The predicted molar refractivity (Wildman–Crippen MR) is 59.6 cm³/mol. The van der Waals surface area contributed by atoms with E-state index in [1.807, 2.05) is 24.3 Å². The summed E-state index contributed by atoms with van der Waals surface area (Å²) in [4.78, 5) is 14.9. The molecule has 2 aromatic rings. The van der Waals surface area contributed by atoms with E-state index >= 15 is 0 Å². The summed E-state index contributed by atoms with van der Waals surface area (Å²) < 4.78 is 5.26. The van der Waals surface area contributed by atoms with Crippen LogP contribution >= 0.6 is 0 Å². The maximum Gasteiger partial charge on any atom is 0.308 e. The lowest BCUT2D eigenvalue weighted by Crippen LogP contribution is -2.03. The van der Waals surface area contributed by atoms with E-state index in [1.54, 1.807) is 6.20 Å². The van der Waals surface area contributed by atoms with E-state index in [0.29, 0.717) is 11.3 Å². The number of methoxy groups -OCH3 is 1. The molecule has 0 radical (unpaired) electrons. The fourth-order valence-electron chi connectivity index (χ4n) is 1.69. The summed E-state index contributed by atoms with van der Waals surface area (Å²) in [5, 5.41) is 9.61. The number of para-hydroxylation sites is 1. The molecule has 1 heterocycles. The van der Waals surface area contributed by atoms with Crippen LogP contribution in [0.1, 0.15) is 5.56 Å². The number of pyridine rings is 1. The Morgan fingerprint density at radius 2 is 2.19 bits per heavy atom. The van der Waals surface area contributed by atoms with Crippen LogP contribution in [0, 0.1) is 0 Å². The van der Waals surface area contributed by atoms with E-state index in [-0.39, 0.29) is 6.42 Å². The molecule has 4 heteroatoms. The molecule has 0 amide bonds. The minimum Gasteiger partial charge on any atom is -0.496 e. The zero-order chi connectivity index (χ0) is 11.5. The molecular formula is C12H11NO3. The minimum atomic E-state index is -0.893. The van der Waals surface area contributed by atoms with Gasteiger partial charge < -0.3 is 9.84 Å². The lowest BCUT2D eigenvalue weighted by Gasteiger charge is -2.09. The van der Waals surface area contributed by atoms with Crippen LogP contribution in [0.3, 0.4) is 0 Å². The molecule has 16 heavy (non-hydrogen) atoms. The van der Waals surface area contributed by atoms with Crippen LogP contribution in [0.4, 0.5) is 0 Å². The van der Waals surface area contributed by atoms with Gasteiger partial charge in [0.25, 0.3) is 0 Å². The number of ether oxygens (including phenoxy) is 1. The number of rotatable bonds is 3. The first kappa shape index (κ1) is 10.4. The lowest BCUT2D eigenvalue weighted by atomic mass is 10.1. The Morgan fingerprint density at radius 1 is 1.44 bits per heavy atom. The Morgan fingerprint density at radius 3 is 2.88 bits per heavy atom. The molecule has 0 aliphatic rings. The maximum absolute atomic E-state index is 10.7. The topological polar surface area (TPSA) is 59.4 Å². The van der Waals surface area contributed by atoms with E-state index in [4.69, 9.17) is 9.84 Å². The molecule has 0 saturated carbocycles. The Bertz CT molecular complexity index is 537. The number of carbonyl (C=O) groups is 1. The third-order valence-electron chi connectivity index (χ3n) is 2.35. The maximum atomic E-state index is 10.7. The van der Waals surface area contributed by atoms with Gasteiger partial charge in [-0.05, 0) is 12.1 Å². The van der Waals surface area contributed by atoms with Crippen LogP contribution in [0.25, 0.3) is 10.9 Å². The molecule has 0 bridgehead atoms. The Labute approximate surface area is 92.5 Å². The van der Waals surface area contributed by atoms with Crippen molar-refractivity contribution < 1.29 is 14.6 Å². The minimum absolute atomic E-state index is 0.0823. The SMILES string of the molecule is COc1c(CC(=O)O)cnc2ccccc12. The summed E-state index contributed by atoms with van der Waals surface area (Å²) in [5.41, 5.74) is 1.39. The first-order valence-corrected chi connectivity index (χ1v) is 4.85. The number of aliphatic carboxylic acids is 1. The van der Waals surface area contributed by atoms with Crippen LogP contribution < -0.4 is 4.74 Å². The second kappa shape index (κ2) is 4.18. The van der Waals surface area contributed by atoms with Gasteiger partial charge in [0.05, 0.1) is 19.0 Å². The summed E-state index contributed by atoms with van der Waals surface area (Å²) in [5.74, 6) is -0.302. The van der Waals surface area contributed by atoms with Crippen molar-refractivity contribution in [2.24, 2.45) is 0 Å². The number of benzene rings is 1. The highest BCUT2D eigenvalue weighted by Crippen LogP contribution is 2.28. The standard InChI is InChI=1S/C12H11NO3/c1-16-12-8(6-11(14)15)7-13-10-5-3-2-4-9(10)12/h2-5,7H,6H2,1H3,(H,14,15). The second-order valence-corrected chi connectivity index (χ2v) is 3.40. The molecule has 0 saturated heterocycles. The van der Waals surface area contributed by atoms with Crippen LogP contribution in [0.15, 0.2) is 30.5 Å². The van der Waals surface area contributed by atoms with E-state index < -0.39 is 5.97 Å². The zero-order valence-corrected chi connectivity index (χ0v) is 8.80. The fourth-order valence-corrected chi connectivity index (χ4v) is 1.69. The van der Waals surface area contributed by atoms with Gasteiger partial charge in [-0.25, -0.2) is 0 Å². The normalized spacial score (nSPS) is 10.3. The molecule has 4 nitrogen and oxygen atoms in total. The number of carboxylic acid groups (broad SMARTS) is 1. The average Bonchev–Trinajstić information content (AvgIpc) is 2.28. The largest absolute Gasteiger partial charge is 0.496 e. The van der Waals surface area contributed by atoms with E-state index in [0.717, 1.165) is 10.9 Å². The third-order valence-corrected chi connectivity index (χ3v) is 2.35. The molecule has 2 rings (SSSR count). The van der Waals surface area contributed by atoms with Crippen LogP contribution in [0.2, 0.25) is 0 Å². The van der Waals surface area contributed by atoms with Gasteiger partial charge in [-0.3, -0.25) is 9.78 Å². The summed E-state index contributed by atoms with van der Waals surface area (Å²) >= 11 is 0. The molecule has 82 valence electrons. The van der Waals surface area contributed by atoms with E-state index in [9.17, 15) is 4.79 Å². The van der Waals surface area contributed by atoms with Crippen molar-refractivity contribution >= 4 is 16.9 Å². The lowest BCUT2D eigenvalue weighted by molar-refractivity contribution is -0.136. The Balaban J connectivity index is 2.63. The van der Waals surface area contributed by atoms with Crippen molar-refractivity contribution in [3.8, 4) is 5.75 Å². The number of aromatic nitrogens is 1. The monoisotopic (exact) mass is 217 g/mol. The van der Waals surface area contributed by atoms with Crippen LogP contribution in [0.5, 0.6) is 5.75 Å². The molecule has 0 unspecified atom stereocenters. The molecule has 0 spiro atoms. The molecule has 0 aliphatic carbocycles. The predicted octanol–water partition coefficient (Wildman–Crippen LogP) is 1.87. The third kappa shape index (κ3) is 1.82. The second-order valence-electron chi connectivity index (χ2n) is 3.40. The highest BCUT2D eigenvalue weighted by atomic mass is 16.5. The van der Waals surface area contributed by atoms with Gasteiger partial charge in [-0.2, -0.15) is 0 Å². The first-order valence-electron chi connectivity index (χ1n) is 4.85. The first-order chi connectivity index (χ1) is 7.72. The van der Waals surface area contributed by atoms with Gasteiger partial charge in [-0.1, -0.05) is 12.1 Å². The van der Waals surface area contributed by atoms with Gasteiger partial charge in [-0.15, -0.1) is 0 Å². The van der Waals surface area contributed by atoms with Gasteiger partial charge in [0.2, 0.25) is 0 Å². The summed E-state index contributed by atoms with van der Waals surface area (Å²) in [6.07, 6.45) is 1.47. The summed E-state index contributed by atoms with van der Waals surface area (Å²) in [6, 6.07) is 7.48. The summed E-state index contributed by atoms with van der Waals surface area (Å²) in [6.45, 7) is 0. The molecular weight excluding hydrogens is 206 g/mol. The number of nitrogens with zero attached hydrogens (tertiary/aromatic N) is 1. The smallest absolute Gasteiger partial charge is 0.308 e. The fraction of sp³-hybridized carbons (Fsp3) is 0.167. The Hall–Kier alpha value is -2.10. The molecule has 0 fully saturated rings. The molecule has 1 aromatic heterocycles. The van der Waals surface area contributed by atoms with Crippen molar-refractivity contribution in [3.05, 3.63) is 36.0 Å². The van der Waals surface area contributed by atoms with Crippen molar-refractivity contribution in [2.75, 3.05) is 7.11 Å². The molecule has 0 atom stereocenters. The highest BCUT2D eigenvalue weighted by molar-refractivity contribution is 5.87. The van der Waals surface area contributed by atoms with Crippen molar-refractivity contribution in [1.29, 1.82) is 0 Å². The van der Waals surface area contributed by atoms with Crippen molar-refractivity contribution in [2.45, 2.75) is 6.42 Å². The number of hydrogen-bond donors (Lipinski definition) is 1. The number of carboxylic acids is 1. The quantitative estimate of drug-likeness (QED) is 0.852. The molecule has 1 N–H and O–H groups in total. The van der Waals surface area contributed by atoms with Gasteiger partial charge >= 0.3 is 5.97 Å². The van der Waals surface area contributed by atoms with Gasteiger partial charge in [0.15, 0.2) is 0 Å². The van der Waals surface area contributed by atoms with Gasteiger partial charge in [0.1, 0.15) is 5.75 Å². The number of hydrogen-bond acceptors (Lipinski definition) is 3. The summed E-state index contributed by atoms with van der Waals surface area (Å²) in [7, 11) is 1.53. The van der Waals surface area contributed by atoms with Crippen molar-refractivity contribution in [1.82, 2.24) is 4.98 Å². The van der Waals surface area contributed by atoms with Crippen molar-refractivity contribution in [3.63, 3.8) is 0 Å².